The maximum atomic E-state index is 13.4. The Bertz CT molecular complexity index is 567. The quantitative estimate of drug-likeness (QED) is 0.841. The number of hydrogen-bond donors (Lipinski definition) is 0. The Morgan fingerprint density at radius 3 is 3.05 bits per heavy atom. The predicted octanol–water partition coefficient (Wildman–Crippen LogP) is 2.51. The van der Waals surface area contributed by atoms with Crippen molar-refractivity contribution in [3.05, 3.63) is 41.8 Å². The Hall–Kier alpha value is -1.95. The zero-order valence-electron chi connectivity index (χ0n) is 10.9. The van der Waals surface area contributed by atoms with Crippen LogP contribution in [0.3, 0.4) is 0 Å². The first kappa shape index (κ1) is 13.1. The second kappa shape index (κ2) is 6.00. The topological polar surface area (TPSA) is 57.4 Å². The van der Waals surface area contributed by atoms with Gasteiger partial charge in [-0.2, -0.15) is 4.98 Å². The number of rotatable bonds is 5. The summed E-state index contributed by atoms with van der Waals surface area (Å²) in [7, 11) is 0. The lowest BCUT2D eigenvalue weighted by Crippen LogP contribution is -2.09. The first-order chi connectivity index (χ1) is 9.81. The Labute approximate surface area is 115 Å². The summed E-state index contributed by atoms with van der Waals surface area (Å²) in [5.74, 6) is 0.707. The summed E-state index contributed by atoms with van der Waals surface area (Å²) in [5.41, 5.74) is 0. The van der Waals surface area contributed by atoms with Crippen molar-refractivity contribution in [2.75, 3.05) is 6.61 Å². The van der Waals surface area contributed by atoms with Crippen LogP contribution in [0.4, 0.5) is 4.39 Å². The van der Waals surface area contributed by atoms with E-state index in [4.69, 9.17) is 14.0 Å². The van der Waals surface area contributed by atoms with Crippen molar-refractivity contribution in [2.45, 2.75) is 32.0 Å². The van der Waals surface area contributed by atoms with Crippen LogP contribution < -0.4 is 4.74 Å². The summed E-state index contributed by atoms with van der Waals surface area (Å²) >= 11 is 0. The lowest BCUT2D eigenvalue weighted by atomic mass is 10.2. The molecule has 0 bridgehead atoms. The third-order valence-corrected chi connectivity index (χ3v) is 3.13. The van der Waals surface area contributed by atoms with E-state index in [-0.39, 0.29) is 18.5 Å². The SMILES string of the molecule is Fc1ccccc1OCc1noc(CC2CCCO2)n1. The van der Waals surface area contributed by atoms with E-state index in [0.29, 0.717) is 18.1 Å². The highest BCUT2D eigenvalue weighted by Gasteiger charge is 2.19. The fourth-order valence-corrected chi connectivity index (χ4v) is 2.14. The molecule has 1 aliphatic heterocycles. The minimum Gasteiger partial charge on any atom is -0.482 e. The second-order valence-corrected chi connectivity index (χ2v) is 4.66. The van der Waals surface area contributed by atoms with E-state index in [0.717, 1.165) is 19.4 Å². The van der Waals surface area contributed by atoms with E-state index >= 15 is 0 Å². The minimum atomic E-state index is -0.407. The summed E-state index contributed by atoms with van der Waals surface area (Å²) < 4.78 is 29.3. The van der Waals surface area contributed by atoms with E-state index in [1.54, 1.807) is 18.2 Å². The van der Waals surface area contributed by atoms with Crippen molar-refractivity contribution in [3.63, 3.8) is 0 Å². The first-order valence-electron chi connectivity index (χ1n) is 6.61. The summed E-state index contributed by atoms with van der Waals surface area (Å²) in [4.78, 5) is 4.21. The molecule has 0 radical (unpaired) electrons. The predicted molar refractivity (Wildman–Crippen MR) is 67.7 cm³/mol. The molecule has 1 aromatic carbocycles. The molecule has 5 nitrogen and oxygen atoms in total. The number of halogens is 1. The number of ether oxygens (including phenoxy) is 2. The molecule has 1 atom stereocenters. The molecule has 2 heterocycles. The highest BCUT2D eigenvalue weighted by Crippen LogP contribution is 2.18. The van der Waals surface area contributed by atoms with Gasteiger partial charge in [0, 0.05) is 6.61 Å². The Kier molecular flexibility index (Phi) is 3.92. The molecule has 1 unspecified atom stereocenters. The van der Waals surface area contributed by atoms with E-state index in [2.05, 4.69) is 10.1 Å². The summed E-state index contributed by atoms with van der Waals surface area (Å²) in [6.45, 7) is 0.873. The molecule has 1 fully saturated rings. The van der Waals surface area contributed by atoms with Gasteiger partial charge in [-0.15, -0.1) is 0 Å². The minimum absolute atomic E-state index is 0.0793. The molecule has 2 aromatic rings. The van der Waals surface area contributed by atoms with Crippen molar-refractivity contribution >= 4 is 0 Å². The number of para-hydroxylation sites is 1. The Morgan fingerprint density at radius 2 is 2.25 bits per heavy atom. The molecule has 1 aliphatic rings. The van der Waals surface area contributed by atoms with Gasteiger partial charge in [-0.25, -0.2) is 4.39 Å². The zero-order chi connectivity index (χ0) is 13.8. The molecule has 6 heteroatoms. The third-order valence-electron chi connectivity index (χ3n) is 3.13. The Morgan fingerprint density at radius 1 is 1.35 bits per heavy atom. The van der Waals surface area contributed by atoms with Crippen LogP contribution in [0, 0.1) is 5.82 Å². The number of hydrogen-bond acceptors (Lipinski definition) is 5. The molecular formula is C14H15FN2O3. The van der Waals surface area contributed by atoms with Gasteiger partial charge in [0.15, 0.2) is 18.2 Å². The van der Waals surface area contributed by atoms with E-state index in [1.165, 1.54) is 6.07 Å². The largest absolute Gasteiger partial charge is 0.482 e. The van der Waals surface area contributed by atoms with Crippen LogP contribution in [0.2, 0.25) is 0 Å². The van der Waals surface area contributed by atoms with Gasteiger partial charge in [-0.3, -0.25) is 0 Å². The van der Waals surface area contributed by atoms with E-state index < -0.39 is 5.82 Å². The van der Waals surface area contributed by atoms with Crippen LogP contribution in [0.1, 0.15) is 24.6 Å². The average Bonchev–Trinajstić information content (AvgIpc) is 3.10. The number of aromatic nitrogens is 2. The fraction of sp³-hybridized carbons (Fsp3) is 0.429. The van der Waals surface area contributed by atoms with Gasteiger partial charge in [-0.05, 0) is 25.0 Å². The normalized spacial score (nSPS) is 18.4. The molecule has 1 saturated heterocycles. The van der Waals surface area contributed by atoms with Gasteiger partial charge in [0.1, 0.15) is 0 Å². The molecular weight excluding hydrogens is 263 g/mol. The molecule has 0 amide bonds. The highest BCUT2D eigenvalue weighted by molar-refractivity contribution is 5.23. The third kappa shape index (κ3) is 3.14. The first-order valence-corrected chi connectivity index (χ1v) is 6.61. The lowest BCUT2D eigenvalue weighted by molar-refractivity contribution is 0.104. The highest BCUT2D eigenvalue weighted by atomic mass is 19.1. The van der Waals surface area contributed by atoms with Gasteiger partial charge < -0.3 is 14.0 Å². The van der Waals surface area contributed by atoms with Gasteiger partial charge in [0.2, 0.25) is 11.7 Å². The van der Waals surface area contributed by atoms with E-state index in [9.17, 15) is 4.39 Å². The number of nitrogens with zero attached hydrogens (tertiary/aromatic N) is 2. The maximum Gasteiger partial charge on any atom is 0.229 e. The van der Waals surface area contributed by atoms with Gasteiger partial charge in [0.05, 0.1) is 12.5 Å². The molecule has 1 aromatic heterocycles. The molecule has 0 spiro atoms. The average molecular weight is 278 g/mol. The van der Waals surface area contributed by atoms with Crippen molar-refractivity contribution in [2.24, 2.45) is 0 Å². The lowest BCUT2D eigenvalue weighted by Gasteiger charge is -2.04. The molecule has 0 N–H and O–H groups in total. The van der Waals surface area contributed by atoms with Crippen LogP contribution in [-0.2, 0) is 17.8 Å². The van der Waals surface area contributed by atoms with Gasteiger partial charge in [-0.1, -0.05) is 17.3 Å². The van der Waals surface area contributed by atoms with Gasteiger partial charge in [0.25, 0.3) is 0 Å². The summed E-state index contributed by atoms with van der Waals surface area (Å²) in [6, 6.07) is 6.21. The van der Waals surface area contributed by atoms with Crippen molar-refractivity contribution < 1.29 is 18.4 Å². The molecule has 3 rings (SSSR count). The maximum absolute atomic E-state index is 13.4. The molecule has 0 saturated carbocycles. The summed E-state index contributed by atoms with van der Waals surface area (Å²) in [6.07, 6.45) is 2.87. The van der Waals surface area contributed by atoms with Crippen molar-refractivity contribution in [3.8, 4) is 5.75 Å². The smallest absolute Gasteiger partial charge is 0.229 e. The Balaban J connectivity index is 1.56. The number of benzene rings is 1. The zero-order valence-corrected chi connectivity index (χ0v) is 10.9. The van der Waals surface area contributed by atoms with Crippen LogP contribution in [0.5, 0.6) is 5.75 Å². The standard InChI is InChI=1S/C14H15FN2O3/c15-11-5-1-2-6-12(11)19-9-13-16-14(20-17-13)8-10-4-3-7-18-10/h1-2,5-6,10H,3-4,7-9H2. The monoisotopic (exact) mass is 278 g/mol. The molecule has 106 valence electrons. The van der Waals surface area contributed by atoms with Crippen LogP contribution in [-0.4, -0.2) is 22.9 Å². The summed E-state index contributed by atoms with van der Waals surface area (Å²) in [5, 5.41) is 3.81. The van der Waals surface area contributed by atoms with Crippen molar-refractivity contribution in [1.82, 2.24) is 10.1 Å². The van der Waals surface area contributed by atoms with E-state index in [1.807, 2.05) is 0 Å². The fourth-order valence-electron chi connectivity index (χ4n) is 2.14. The van der Waals surface area contributed by atoms with Crippen molar-refractivity contribution in [1.29, 1.82) is 0 Å². The van der Waals surface area contributed by atoms with Crippen LogP contribution >= 0.6 is 0 Å². The van der Waals surface area contributed by atoms with Crippen LogP contribution in [0.25, 0.3) is 0 Å². The second-order valence-electron chi connectivity index (χ2n) is 4.66. The van der Waals surface area contributed by atoms with Gasteiger partial charge >= 0.3 is 0 Å². The van der Waals surface area contributed by atoms with Crippen LogP contribution in [0.15, 0.2) is 28.8 Å². The molecule has 20 heavy (non-hydrogen) atoms. The molecule has 0 aliphatic carbocycles.